The Balaban J connectivity index is 1.97. The topological polar surface area (TPSA) is 86.5 Å². The summed E-state index contributed by atoms with van der Waals surface area (Å²) in [5, 5.41) is 19.3. The van der Waals surface area contributed by atoms with Crippen molar-refractivity contribution in [2.75, 3.05) is 14.2 Å². The van der Waals surface area contributed by atoms with Crippen LogP contribution in [0.5, 0.6) is 11.5 Å². The Kier molecular flexibility index (Phi) is 7.02. The molecule has 0 bridgehead atoms. The van der Waals surface area contributed by atoms with Crippen molar-refractivity contribution in [2.24, 2.45) is 0 Å². The van der Waals surface area contributed by atoms with Crippen molar-refractivity contribution in [3.63, 3.8) is 0 Å². The van der Waals surface area contributed by atoms with Crippen LogP contribution in [0.4, 0.5) is 0 Å². The van der Waals surface area contributed by atoms with E-state index in [0.29, 0.717) is 39.6 Å². The number of hydrogen-bond acceptors (Lipinski definition) is 6. The molecule has 9 heteroatoms. The Morgan fingerprint density at radius 3 is 2.50 bits per heavy atom. The lowest BCUT2D eigenvalue weighted by Gasteiger charge is -2.10. The second-order valence-electron chi connectivity index (χ2n) is 6.08. The zero-order chi connectivity index (χ0) is 21.7. The van der Waals surface area contributed by atoms with Gasteiger partial charge in [-0.25, -0.2) is 4.79 Å². The third-order valence-electron chi connectivity index (χ3n) is 4.27. The number of rotatable bonds is 8. The van der Waals surface area contributed by atoms with Crippen molar-refractivity contribution >= 4 is 35.4 Å². The van der Waals surface area contributed by atoms with Crippen LogP contribution in [0.2, 0.25) is 5.02 Å². The van der Waals surface area contributed by atoms with Gasteiger partial charge in [-0.1, -0.05) is 11.6 Å². The molecule has 0 aliphatic carbocycles. The van der Waals surface area contributed by atoms with Gasteiger partial charge in [-0.3, -0.25) is 0 Å². The number of hydrogen-bond donors (Lipinski definition) is 1. The summed E-state index contributed by atoms with van der Waals surface area (Å²) in [5.74, 6) is 0.694. The van der Waals surface area contributed by atoms with E-state index in [-0.39, 0.29) is 4.91 Å². The van der Waals surface area contributed by atoms with Gasteiger partial charge in [-0.05, 0) is 61.2 Å². The normalized spacial score (nSPS) is 11.4. The fraction of sp³-hybridized carbons (Fsp3) is 0.190. The summed E-state index contributed by atoms with van der Waals surface area (Å²) in [6.45, 7) is 2.52. The number of aliphatic carboxylic acids is 1. The second kappa shape index (κ2) is 9.69. The number of benzene rings is 2. The number of nitrogens with zero attached hydrogens (tertiary/aromatic N) is 3. The van der Waals surface area contributed by atoms with Gasteiger partial charge in [0.05, 0.1) is 14.2 Å². The largest absolute Gasteiger partial charge is 0.497 e. The Labute approximate surface area is 183 Å². The Bertz CT molecular complexity index is 1080. The Hall–Kier alpha value is -2.97. The van der Waals surface area contributed by atoms with E-state index in [0.717, 1.165) is 17.3 Å². The predicted octanol–water partition coefficient (Wildman–Crippen LogP) is 4.85. The molecule has 0 atom stereocenters. The van der Waals surface area contributed by atoms with Gasteiger partial charge >= 0.3 is 5.97 Å². The molecule has 3 rings (SSSR count). The lowest BCUT2D eigenvalue weighted by Crippen LogP contribution is -2.03. The van der Waals surface area contributed by atoms with Crippen LogP contribution < -0.4 is 9.47 Å². The summed E-state index contributed by atoms with van der Waals surface area (Å²) >= 11 is 6.99. The molecule has 30 heavy (non-hydrogen) atoms. The van der Waals surface area contributed by atoms with Crippen LogP contribution >= 0.6 is 23.4 Å². The van der Waals surface area contributed by atoms with Gasteiger partial charge in [0.25, 0.3) is 0 Å². The molecule has 1 heterocycles. The smallest absolute Gasteiger partial charge is 0.342 e. The van der Waals surface area contributed by atoms with E-state index in [1.165, 1.54) is 7.11 Å². The molecule has 0 spiro atoms. The highest BCUT2D eigenvalue weighted by atomic mass is 35.5. The molecule has 0 radical (unpaired) electrons. The summed E-state index contributed by atoms with van der Waals surface area (Å²) in [6.07, 6.45) is 1.54. The standard InChI is InChI=1S/C21H20ClN3O4S/c1-4-25-19(13-5-8-15(22)9-6-13)23-24-21(25)30-18(20(26)27)11-14-7-10-16(28-2)12-17(14)29-3/h5-12H,4H2,1-3H3,(H,26,27)/b18-11-. The lowest BCUT2D eigenvalue weighted by molar-refractivity contribution is -0.131. The van der Waals surface area contributed by atoms with Crippen molar-refractivity contribution < 1.29 is 19.4 Å². The highest BCUT2D eigenvalue weighted by Gasteiger charge is 2.19. The molecule has 0 unspecified atom stereocenters. The number of carboxylic acids is 1. The maximum Gasteiger partial charge on any atom is 0.342 e. The molecule has 1 aromatic heterocycles. The average molecular weight is 446 g/mol. The number of thioether (sulfide) groups is 1. The fourth-order valence-electron chi connectivity index (χ4n) is 2.77. The average Bonchev–Trinajstić information content (AvgIpc) is 3.16. The van der Waals surface area contributed by atoms with Crippen LogP contribution in [0, 0.1) is 0 Å². The molecule has 0 aliphatic heterocycles. The minimum Gasteiger partial charge on any atom is -0.497 e. The van der Waals surface area contributed by atoms with Crippen molar-refractivity contribution in [2.45, 2.75) is 18.6 Å². The molecule has 0 aliphatic rings. The quantitative estimate of drug-likeness (QED) is 0.391. The van der Waals surface area contributed by atoms with Gasteiger partial charge in [0.1, 0.15) is 16.4 Å². The van der Waals surface area contributed by atoms with Gasteiger partial charge < -0.3 is 19.1 Å². The van der Waals surface area contributed by atoms with Crippen LogP contribution in [0.3, 0.4) is 0 Å². The summed E-state index contributed by atoms with van der Waals surface area (Å²) in [4.78, 5) is 12.0. The summed E-state index contributed by atoms with van der Waals surface area (Å²) in [6, 6.07) is 12.4. The van der Waals surface area contributed by atoms with Gasteiger partial charge in [-0.15, -0.1) is 10.2 Å². The van der Waals surface area contributed by atoms with Crippen molar-refractivity contribution in [3.05, 3.63) is 58.0 Å². The minimum atomic E-state index is -1.07. The number of ether oxygens (including phenoxy) is 2. The molecule has 0 saturated carbocycles. The third-order valence-corrected chi connectivity index (χ3v) is 5.52. The first-order chi connectivity index (χ1) is 14.5. The number of carboxylic acid groups (broad SMARTS) is 1. The van der Waals surface area contributed by atoms with E-state index < -0.39 is 5.97 Å². The van der Waals surface area contributed by atoms with Gasteiger partial charge in [0.2, 0.25) is 0 Å². The second-order valence-corrected chi connectivity index (χ2v) is 7.53. The van der Waals surface area contributed by atoms with E-state index in [4.69, 9.17) is 21.1 Å². The molecular weight excluding hydrogens is 426 g/mol. The highest BCUT2D eigenvalue weighted by Crippen LogP contribution is 2.33. The van der Waals surface area contributed by atoms with E-state index in [9.17, 15) is 9.90 Å². The van der Waals surface area contributed by atoms with E-state index in [2.05, 4.69) is 10.2 Å². The minimum absolute atomic E-state index is 0.0863. The number of carbonyl (C=O) groups is 1. The van der Waals surface area contributed by atoms with Crippen molar-refractivity contribution in [1.82, 2.24) is 14.8 Å². The first-order valence-electron chi connectivity index (χ1n) is 9.00. The molecule has 1 N–H and O–H groups in total. The molecule has 156 valence electrons. The monoisotopic (exact) mass is 445 g/mol. The van der Waals surface area contributed by atoms with Gasteiger partial charge in [-0.2, -0.15) is 0 Å². The van der Waals surface area contributed by atoms with Crippen LogP contribution in [0.15, 0.2) is 52.5 Å². The number of halogens is 1. The molecule has 2 aromatic carbocycles. The van der Waals surface area contributed by atoms with Gasteiger partial charge in [0.15, 0.2) is 11.0 Å². The highest BCUT2D eigenvalue weighted by molar-refractivity contribution is 8.04. The fourth-order valence-corrected chi connectivity index (χ4v) is 3.78. The molecular formula is C21H20ClN3O4S. The Morgan fingerprint density at radius 1 is 1.17 bits per heavy atom. The molecule has 0 fully saturated rings. The maximum absolute atomic E-state index is 11.9. The van der Waals surface area contributed by atoms with Crippen molar-refractivity contribution in [1.29, 1.82) is 0 Å². The number of aromatic nitrogens is 3. The first-order valence-corrected chi connectivity index (χ1v) is 10.2. The zero-order valence-electron chi connectivity index (χ0n) is 16.6. The van der Waals surface area contributed by atoms with E-state index in [1.807, 2.05) is 23.6 Å². The maximum atomic E-state index is 11.9. The summed E-state index contributed by atoms with van der Waals surface area (Å²) in [7, 11) is 3.07. The molecule has 3 aromatic rings. The zero-order valence-corrected chi connectivity index (χ0v) is 18.2. The van der Waals surface area contributed by atoms with Crippen LogP contribution in [-0.2, 0) is 11.3 Å². The van der Waals surface area contributed by atoms with E-state index in [1.54, 1.807) is 43.5 Å². The Morgan fingerprint density at radius 2 is 1.90 bits per heavy atom. The van der Waals surface area contributed by atoms with Crippen LogP contribution in [0.25, 0.3) is 17.5 Å². The SMILES string of the molecule is CCn1c(S/C(=C\c2ccc(OC)cc2OC)C(=O)O)nnc1-c1ccc(Cl)cc1. The van der Waals surface area contributed by atoms with E-state index >= 15 is 0 Å². The van der Waals surface area contributed by atoms with Crippen LogP contribution in [0.1, 0.15) is 12.5 Å². The molecule has 0 saturated heterocycles. The summed E-state index contributed by atoms with van der Waals surface area (Å²) in [5.41, 5.74) is 1.46. The predicted molar refractivity (Wildman–Crippen MR) is 117 cm³/mol. The molecule has 7 nitrogen and oxygen atoms in total. The van der Waals surface area contributed by atoms with Gasteiger partial charge in [0, 0.05) is 28.8 Å². The molecule has 0 amide bonds. The lowest BCUT2D eigenvalue weighted by atomic mass is 10.1. The summed E-state index contributed by atoms with van der Waals surface area (Å²) < 4.78 is 12.4. The third kappa shape index (κ3) is 4.77. The number of methoxy groups -OCH3 is 2. The van der Waals surface area contributed by atoms with Crippen molar-refractivity contribution in [3.8, 4) is 22.9 Å². The first kappa shape index (κ1) is 21.7. The van der Waals surface area contributed by atoms with Crippen LogP contribution in [-0.4, -0.2) is 40.1 Å².